The number of carbonyl (C=O) groups excluding carboxylic acids is 1. The van der Waals surface area contributed by atoms with E-state index in [1.165, 1.54) is 5.56 Å². The second-order valence-electron chi connectivity index (χ2n) is 11.3. The van der Waals surface area contributed by atoms with Gasteiger partial charge in [-0.2, -0.15) is 0 Å². The molecule has 4 aromatic carbocycles. The van der Waals surface area contributed by atoms with Crippen molar-refractivity contribution < 1.29 is 14.7 Å². The van der Waals surface area contributed by atoms with Crippen molar-refractivity contribution in [2.45, 2.75) is 6.54 Å². The first-order valence-corrected chi connectivity index (χ1v) is 14.9. The Bertz CT molecular complexity index is 1770. The number of hydroxylamine groups is 1. The van der Waals surface area contributed by atoms with E-state index >= 15 is 0 Å². The lowest BCUT2D eigenvalue weighted by molar-refractivity contribution is 0.0706. The average Bonchev–Trinajstić information content (AvgIpc) is 3.06. The topological polar surface area (TPSA) is 90.0 Å². The van der Waals surface area contributed by atoms with E-state index in [-0.39, 0.29) is 0 Å². The lowest BCUT2D eigenvalue weighted by atomic mass is 10.1. The third-order valence-electron chi connectivity index (χ3n) is 8.08. The molecular formula is C36H37N5O3. The number of piperazine rings is 1. The third kappa shape index (κ3) is 7.23. The van der Waals surface area contributed by atoms with Crippen LogP contribution in [0.1, 0.15) is 21.5 Å². The Morgan fingerprint density at radius 3 is 2.55 bits per heavy atom. The van der Waals surface area contributed by atoms with Crippen LogP contribution in [0.15, 0.2) is 103 Å². The minimum absolute atomic E-state index is 0.371. The molecule has 0 radical (unpaired) electrons. The highest BCUT2D eigenvalue weighted by Gasteiger charge is 2.14. The van der Waals surface area contributed by atoms with Crippen molar-refractivity contribution in [3.05, 3.63) is 119 Å². The van der Waals surface area contributed by atoms with E-state index in [4.69, 9.17) is 14.9 Å². The molecule has 5 aromatic rings. The Hall–Kier alpha value is -4.76. The molecular weight excluding hydrogens is 550 g/mol. The number of carbonyl (C=O) groups is 1. The molecule has 224 valence electrons. The zero-order valence-electron chi connectivity index (χ0n) is 24.9. The molecule has 3 N–H and O–H groups in total. The highest BCUT2D eigenvalue weighted by molar-refractivity contribution is 5.93. The Morgan fingerprint density at radius 2 is 1.73 bits per heavy atom. The summed E-state index contributed by atoms with van der Waals surface area (Å²) in [5, 5.41) is 15.8. The van der Waals surface area contributed by atoms with Gasteiger partial charge < -0.3 is 15.0 Å². The van der Waals surface area contributed by atoms with Crippen molar-refractivity contribution in [3.8, 4) is 5.75 Å². The number of benzene rings is 4. The molecule has 1 aliphatic heterocycles. The standard InChI is InChI=1S/C36H37N5O3/c1-40-15-17-41(18-16-40)24-27-11-14-34-31(20-27)21-32(23-38-34)37-22-28(19-26-9-12-30(13-10-26)36(42)39-43)25-44-35-8-4-6-29-5-2-3-7-33(29)35/h2-14,19-21,23,37,43H,15-18,22,24-25H2,1H3,(H,39,42). The molecule has 1 aromatic heterocycles. The number of likely N-dealkylation sites (N-methyl/N-ethyl adjacent to an activating group) is 1. The van der Waals surface area contributed by atoms with Gasteiger partial charge in [0.2, 0.25) is 0 Å². The summed E-state index contributed by atoms with van der Waals surface area (Å²) < 4.78 is 6.36. The molecule has 1 saturated heterocycles. The molecule has 0 bridgehead atoms. The lowest BCUT2D eigenvalue weighted by Gasteiger charge is -2.32. The highest BCUT2D eigenvalue weighted by atomic mass is 16.5. The van der Waals surface area contributed by atoms with Gasteiger partial charge in [-0.1, -0.05) is 60.7 Å². The van der Waals surface area contributed by atoms with Crippen LogP contribution in [0.3, 0.4) is 0 Å². The number of hydrogen-bond acceptors (Lipinski definition) is 7. The maximum atomic E-state index is 11.8. The van der Waals surface area contributed by atoms with Gasteiger partial charge in [-0.3, -0.25) is 19.9 Å². The van der Waals surface area contributed by atoms with Crippen LogP contribution in [0.5, 0.6) is 5.75 Å². The van der Waals surface area contributed by atoms with E-state index < -0.39 is 5.91 Å². The number of anilines is 1. The maximum Gasteiger partial charge on any atom is 0.274 e. The summed E-state index contributed by atoms with van der Waals surface area (Å²) in [4.78, 5) is 21.4. The SMILES string of the molecule is CN1CCN(Cc2ccc3ncc(NCC(=Cc4ccc(C(=O)NO)cc4)COc4cccc5ccccc45)cc3c2)CC1. The molecule has 0 aliphatic carbocycles. The molecule has 8 heteroatoms. The zero-order chi connectivity index (χ0) is 30.3. The first-order valence-electron chi connectivity index (χ1n) is 14.9. The number of hydrogen-bond donors (Lipinski definition) is 3. The fraction of sp³-hybridized carbons (Fsp3) is 0.222. The molecule has 0 spiro atoms. The minimum atomic E-state index is -0.544. The monoisotopic (exact) mass is 587 g/mol. The second kappa shape index (κ2) is 13.7. The number of nitrogens with one attached hydrogen (secondary N) is 2. The largest absolute Gasteiger partial charge is 0.489 e. The number of ether oxygens (including phenoxy) is 1. The van der Waals surface area contributed by atoms with E-state index in [1.807, 2.05) is 42.6 Å². The molecule has 44 heavy (non-hydrogen) atoms. The van der Waals surface area contributed by atoms with Gasteiger partial charge in [0.25, 0.3) is 5.91 Å². The summed E-state index contributed by atoms with van der Waals surface area (Å²) in [7, 11) is 2.18. The number of aromatic nitrogens is 1. The van der Waals surface area contributed by atoms with Crippen LogP contribution in [-0.4, -0.2) is 72.3 Å². The Kier molecular flexibility index (Phi) is 9.12. The van der Waals surface area contributed by atoms with Crippen molar-refractivity contribution in [1.82, 2.24) is 20.3 Å². The van der Waals surface area contributed by atoms with Crippen LogP contribution >= 0.6 is 0 Å². The van der Waals surface area contributed by atoms with Crippen LogP contribution in [0.4, 0.5) is 5.69 Å². The molecule has 0 saturated carbocycles. The van der Waals surface area contributed by atoms with Crippen LogP contribution in [0.2, 0.25) is 0 Å². The van der Waals surface area contributed by atoms with Crippen LogP contribution in [0, 0.1) is 0 Å². The van der Waals surface area contributed by atoms with E-state index in [9.17, 15) is 4.79 Å². The molecule has 1 aliphatic rings. The summed E-state index contributed by atoms with van der Waals surface area (Å²) in [6.45, 7) is 6.23. The van der Waals surface area contributed by atoms with Crippen molar-refractivity contribution in [2.75, 3.05) is 51.7 Å². The van der Waals surface area contributed by atoms with E-state index in [0.717, 1.165) is 77.0 Å². The molecule has 1 amide bonds. The molecule has 2 heterocycles. The second-order valence-corrected chi connectivity index (χ2v) is 11.3. The fourth-order valence-electron chi connectivity index (χ4n) is 5.52. The van der Waals surface area contributed by atoms with E-state index in [0.29, 0.717) is 18.7 Å². The van der Waals surface area contributed by atoms with E-state index in [2.05, 4.69) is 70.7 Å². The fourth-order valence-corrected chi connectivity index (χ4v) is 5.52. The van der Waals surface area contributed by atoms with Crippen LogP contribution in [-0.2, 0) is 6.54 Å². The predicted molar refractivity (Wildman–Crippen MR) is 176 cm³/mol. The van der Waals surface area contributed by atoms with Gasteiger partial charge in [0.1, 0.15) is 12.4 Å². The number of amides is 1. The van der Waals surface area contributed by atoms with Crippen molar-refractivity contribution in [2.24, 2.45) is 0 Å². The lowest BCUT2D eigenvalue weighted by Crippen LogP contribution is -2.43. The summed E-state index contributed by atoms with van der Waals surface area (Å²) >= 11 is 0. The predicted octanol–water partition coefficient (Wildman–Crippen LogP) is 5.83. The van der Waals surface area contributed by atoms with Gasteiger partial charge in [-0.05, 0) is 65.5 Å². The van der Waals surface area contributed by atoms with Crippen molar-refractivity contribution in [3.63, 3.8) is 0 Å². The van der Waals surface area contributed by atoms with Gasteiger partial charge in [0.05, 0.1) is 17.4 Å². The Balaban J connectivity index is 1.20. The minimum Gasteiger partial charge on any atom is -0.489 e. The number of rotatable bonds is 10. The Labute approximate surface area is 257 Å². The molecule has 1 fully saturated rings. The molecule has 6 rings (SSSR count). The van der Waals surface area contributed by atoms with Gasteiger partial charge in [0.15, 0.2) is 0 Å². The van der Waals surface area contributed by atoms with Gasteiger partial charge in [0, 0.05) is 55.6 Å². The summed E-state index contributed by atoms with van der Waals surface area (Å²) in [6, 6.07) is 30.0. The highest BCUT2D eigenvalue weighted by Crippen LogP contribution is 2.26. The van der Waals surface area contributed by atoms with Gasteiger partial charge in [-0.15, -0.1) is 0 Å². The molecule has 0 unspecified atom stereocenters. The summed E-state index contributed by atoms with van der Waals surface area (Å²) in [5.74, 6) is 0.279. The number of fused-ring (bicyclic) bond motifs is 2. The normalized spacial score (nSPS) is 14.5. The third-order valence-corrected chi connectivity index (χ3v) is 8.08. The first-order chi connectivity index (χ1) is 21.5. The maximum absolute atomic E-state index is 11.8. The number of nitrogens with zero attached hydrogens (tertiary/aromatic N) is 3. The van der Waals surface area contributed by atoms with Gasteiger partial charge >= 0.3 is 0 Å². The zero-order valence-corrected chi connectivity index (χ0v) is 24.9. The smallest absolute Gasteiger partial charge is 0.274 e. The summed E-state index contributed by atoms with van der Waals surface area (Å²) in [6.07, 6.45) is 3.93. The van der Waals surface area contributed by atoms with Crippen molar-refractivity contribution in [1.29, 1.82) is 0 Å². The van der Waals surface area contributed by atoms with E-state index in [1.54, 1.807) is 17.6 Å². The molecule has 8 nitrogen and oxygen atoms in total. The first kappa shape index (κ1) is 29.3. The quantitative estimate of drug-likeness (QED) is 0.140. The van der Waals surface area contributed by atoms with Crippen molar-refractivity contribution >= 4 is 39.3 Å². The molecule has 0 atom stereocenters. The van der Waals surface area contributed by atoms with Gasteiger partial charge in [-0.25, -0.2) is 5.48 Å². The number of pyridine rings is 1. The summed E-state index contributed by atoms with van der Waals surface area (Å²) in [5.41, 5.74) is 7.19. The Morgan fingerprint density at radius 1 is 0.932 bits per heavy atom. The van der Waals surface area contributed by atoms with Crippen LogP contribution < -0.4 is 15.5 Å². The average molecular weight is 588 g/mol. The van der Waals surface area contributed by atoms with Crippen LogP contribution in [0.25, 0.3) is 27.8 Å².